The number of aliphatic hydroxyl groups is 1. The molecule has 3 N–H and O–H groups in total. The second-order valence-corrected chi connectivity index (χ2v) is 6.90. The fraction of sp³-hybridized carbons (Fsp3) is 0.286. The van der Waals surface area contributed by atoms with Crippen LogP contribution in [0.4, 0.5) is 0 Å². The molecular formula is C21H23N3O4. The molecule has 1 amide bonds. The van der Waals surface area contributed by atoms with Crippen molar-refractivity contribution in [2.45, 2.75) is 32.4 Å². The second-order valence-electron chi connectivity index (χ2n) is 6.90. The van der Waals surface area contributed by atoms with E-state index in [1.54, 1.807) is 24.3 Å². The molecule has 0 fully saturated rings. The molecule has 0 spiro atoms. The van der Waals surface area contributed by atoms with Gasteiger partial charge in [-0.3, -0.25) is 9.59 Å². The van der Waals surface area contributed by atoms with E-state index in [0.717, 1.165) is 10.2 Å². The molecule has 3 rings (SSSR count). The number of nitrogens with two attached hydrogens (primary N) is 1. The summed E-state index contributed by atoms with van der Waals surface area (Å²) in [7, 11) is 0. The van der Waals surface area contributed by atoms with Crippen molar-refractivity contribution in [3.63, 3.8) is 0 Å². The third kappa shape index (κ3) is 4.04. The van der Waals surface area contributed by atoms with Crippen LogP contribution in [0.2, 0.25) is 0 Å². The van der Waals surface area contributed by atoms with Gasteiger partial charge in [0.2, 0.25) is 0 Å². The maximum absolute atomic E-state index is 12.7. The Morgan fingerprint density at radius 3 is 2.46 bits per heavy atom. The van der Waals surface area contributed by atoms with Crippen LogP contribution in [-0.2, 0) is 6.54 Å². The molecule has 2 aromatic carbocycles. The Kier molecular flexibility index (Phi) is 5.75. The number of rotatable bonds is 7. The molecule has 0 saturated heterocycles. The number of carbonyl (C=O) groups is 1. The van der Waals surface area contributed by atoms with E-state index in [1.165, 1.54) is 0 Å². The van der Waals surface area contributed by atoms with Crippen molar-refractivity contribution in [1.29, 1.82) is 0 Å². The summed E-state index contributed by atoms with van der Waals surface area (Å²) >= 11 is 0. The lowest BCUT2D eigenvalue weighted by Crippen LogP contribution is -2.34. The number of para-hydroxylation sites is 1. The van der Waals surface area contributed by atoms with Crippen LogP contribution in [-0.4, -0.2) is 33.5 Å². The number of hydrogen-bond acceptors (Lipinski definition) is 5. The molecule has 28 heavy (non-hydrogen) atoms. The highest BCUT2D eigenvalue weighted by molar-refractivity contribution is 6.03. The molecule has 3 aromatic rings. The van der Waals surface area contributed by atoms with Gasteiger partial charge < -0.3 is 15.6 Å². The Hall–Kier alpha value is -3.19. The zero-order valence-corrected chi connectivity index (χ0v) is 15.8. The zero-order chi connectivity index (χ0) is 20.3. The number of ether oxygens (including phenoxy) is 1. The van der Waals surface area contributed by atoms with Crippen LogP contribution in [0.15, 0.2) is 53.3 Å². The van der Waals surface area contributed by atoms with Gasteiger partial charge in [0.25, 0.3) is 11.5 Å². The highest BCUT2D eigenvalue weighted by atomic mass is 16.5. The minimum Gasteiger partial charge on any atom is -0.491 e. The Labute approximate surface area is 162 Å². The van der Waals surface area contributed by atoms with Crippen molar-refractivity contribution < 1.29 is 14.6 Å². The summed E-state index contributed by atoms with van der Waals surface area (Å²) in [6.07, 6.45) is -0.993. The van der Waals surface area contributed by atoms with Crippen LogP contribution in [0, 0.1) is 0 Å². The van der Waals surface area contributed by atoms with E-state index in [9.17, 15) is 14.7 Å². The molecule has 1 aromatic heterocycles. The van der Waals surface area contributed by atoms with E-state index < -0.39 is 17.6 Å². The van der Waals surface area contributed by atoms with Crippen LogP contribution in [0.5, 0.6) is 5.75 Å². The molecule has 7 nitrogen and oxygen atoms in total. The van der Waals surface area contributed by atoms with Crippen LogP contribution in [0.25, 0.3) is 10.8 Å². The Morgan fingerprint density at radius 2 is 1.79 bits per heavy atom. The van der Waals surface area contributed by atoms with Gasteiger partial charge in [-0.05, 0) is 23.6 Å². The number of benzene rings is 2. The monoisotopic (exact) mass is 381 g/mol. The van der Waals surface area contributed by atoms with Crippen molar-refractivity contribution in [3.05, 3.63) is 70.1 Å². The van der Waals surface area contributed by atoms with Crippen LogP contribution < -0.4 is 16.0 Å². The maximum Gasteiger partial charge on any atom is 0.274 e. The van der Waals surface area contributed by atoms with Gasteiger partial charge in [-0.15, -0.1) is 0 Å². The van der Waals surface area contributed by atoms with Gasteiger partial charge in [0.05, 0.1) is 11.9 Å². The van der Waals surface area contributed by atoms with Gasteiger partial charge in [0.1, 0.15) is 18.5 Å². The van der Waals surface area contributed by atoms with E-state index >= 15 is 0 Å². The minimum absolute atomic E-state index is 0.00604. The lowest BCUT2D eigenvalue weighted by Gasteiger charge is -2.17. The van der Waals surface area contributed by atoms with Crippen molar-refractivity contribution in [2.24, 2.45) is 5.73 Å². The molecule has 146 valence electrons. The summed E-state index contributed by atoms with van der Waals surface area (Å²) in [6.45, 7) is 3.98. The summed E-state index contributed by atoms with van der Waals surface area (Å²) in [4.78, 5) is 24.4. The fourth-order valence-electron chi connectivity index (χ4n) is 3.07. The summed E-state index contributed by atoms with van der Waals surface area (Å²) in [5, 5.41) is 15.2. The third-order valence-electron chi connectivity index (χ3n) is 4.46. The number of fused-ring (bicyclic) bond motifs is 1. The molecular weight excluding hydrogens is 358 g/mol. The number of aliphatic hydroxyl groups excluding tert-OH is 1. The number of primary amides is 1. The molecule has 1 heterocycles. The average Bonchev–Trinajstić information content (AvgIpc) is 2.68. The number of nitrogens with zero attached hydrogens (tertiary/aromatic N) is 2. The van der Waals surface area contributed by atoms with Gasteiger partial charge in [-0.1, -0.05) is 50.2 Å². The molecule has 0 bridgehead atoms. The number of hydrogen-bond donors (Lipinski definition) is 2. The quantitative estimate of drug-likeness (QED) is 0.651. The average molecular weight is 381 g/mol. The molecule has 0 radical (unpaired) electrons. The molecule has 1 atom stereocenters. The summed E-state index contributed by atoms with van der Waals surface area (Å²) < 4.78 is 6.81. The van der Waals surface area contributed by atoms with E-state index in [0.29, 0.717) is 16.5 Å². The first-order valence-corrected chi connectivity index (χ1v) is 9.08. The first-order valence-electron chi connectivity index (χ1n) is 9.08. The standard InChI is InChI=1S/C21H23N3O4/c1-13(2)15-7-5-6-10-18(15)28-12-14(25)11-24-21(27)17-9-4-3-8-16(17)19(23-24)20(22)26/h3-10,13-14,25H,11-12H2,1-2H3,(H2,22,26)/t14-/m0/s1. The summed E-state index contributed by atoms with van der Waals surface area (Å²) in [6, 6.07) is 14.2. The SMILES string of the molecule is CC(C)c1ccccc1OC[C@@H](O)Cn1nc(C(N)=O)c2ccccc2c1=O. The van der Waals surface area contributed by atoms with Gasteiger partial charge >= 0.3 is 0 Å². The molecule has 0 aliphatic heterocycles. The second kappa shape index (κ2) is 8.22. The highest BCUT2D eigenvalue weighted by Crippen LogP contribution is 2.25. The summed E-state index contributed by atoms with van der Waals surface area (Å²) in [5.74, 6) is 0.228. The molecule has 0 unspecified atom stereocenters. The van der Waals surface area contributed by atoms with Crippen molar-refractivity contribution >= 4 is 16.7 Å². The largest absolute Gasteiger partial charge is 0.491 e. The Morgan fingerprint density at radius 1 is 1.14 bits per heavy atom. The first kappa shape index (κ1) is 19.6. The molecule has 0 aliphatic carbocycles. The van der Waals surface area contributed by atoms with Crippen LogP contribution >= 0.6 is 0 Å². The van der Waals surface area contributed by atoms with E-state index in [-0.39, 0.29) is 24.8 Å². The number of amides is 1. The lowest BCUT2D eigenvalue weighted by molar-refractivity contribution is 0.0866. The number of carbonyl (C=O) groups excluding carboxylic acids is 1. The predicted molar refractivity (Wildman–Crippen MR) is 107 cm³/mol. The highest BCUT2D eigenvalue weighted by Gasteiger charge is 2.17. The van der Waals surface area contributed by atoms with Crippen molar-refractivity contribution in [3.8, 4) is 5.75 Å². The van der Waals surface area contributed by atoms with Gasteiger partial charge in [-0.2, -0.15) is 5.10 Å². The van der Waals surface area contributed by atoms with E-state index in [1.807, 2.05) is 24.3 Å². The molecule has 7 heteroatoms. The maximum atomic E-state index is 12.7. The fourth-order valence-corrected chi connectivity index (χ4v) is 3.07. The predicted octanol–water partition coefficient (Wildman–Crippen LogP) is 2.06. The summed E-state index contributed by atoms with van der Waals surface area (Å²) in [5.41, 5.74) is 6.03. The number of aromatic nitrogens is 2. The van der Waals surface area contributed by atoms with E-state index in [2.05, 4.69) is 18.9 Å². The Balaban J connectivity index is 1.82. The topological polar surface area (TPSA) is 107 Å². The van der Waals surface area contributed by atoms with Gasteiger partial charge in [-0.25, -0.2) is 4.68 Å². The first-order chi connectivity index (χ1) is 13.4. The zero-order valence-electron chi connectivity index (χ0n) is 15.8. The van der Waals surface area contributed by atoms with Gasteiger partial charge in [0.15, 0.2) is 5.69 Å². The van der Waals surface area contributed by atoms with Crippen LogP contribution in [0.3, 0.4) is 0 Å². The van der Waals surface area contributed by atoms with Gasteiger partial charge in [0, 0.05) is 5.39 Å². The van der Waals surface area contributed by atoms with Crippen LogP contribution in [0.1, 0.15) is 35.8 Å². The normalized spacial score (nSPS) is 12.3. The van der Waals surface area contributed by atoms with Crippen molar-refractivity contribution in [2.75, 3.05) is 6.61 Å². The minimum atomic E-state index is -0.993. The third-order valence-corrected chi connectivity index (χ3v) is 4.46. The molecule has 0 aliphatic rings. The van der Waals surface area contributed by atoms with Crippen molar-refractivity contribution in [1.82, 2.24) is 9.78 Å². The smallest absolute Gasteiger partial charge is 0.274 e. The molecule has 0 saturated carbocycles. The Bertz CT molecular complexity index is 1060. The van der Waals surface area contributed by atoms with E-state index in [4.69, 9.17) is 10.5 Å². The lowest BCUT2D eigenvalue weighted by atomic mass is 10.0.